The van der Waals surface area contributed by atoms with Crippen molar-refractivity contribution < 1.29 is 48.3 Å². The smallest absolute Gasteiger partial charge is 0.364 e. The molecule has 0 aliphatic carbocycles. The molecule has 1 fully saturated rings. The summed E-state index contributed by atoms with van der Waals surface area (Å²) in [5.74, 6) is -2.29. The highest BCUT2D eigenvalue weighted by Gasteiger charge is 2.53. The van der Waals surface area contributed by atoms with Crippen molar-refractivity contribution in [1.82, 2.24) is 4.98 Å². The van der Waals surface area contributed by atoms with Gasteiger partial charge in [0.2, 0.25) is 6.29 Å². The highest BCUT2D eigenvalue weighted by Crippen LogP contribution is 2.40. The van der Waals surface area contributed by atoms with Gasteiger partial charge in [-0.05, 0) is 96.0 Å². The molecule has 3 heterocycles. The van der Waals surface area contributed by atoms with Crippen LogP contribution in [0.3, 0.4) is 0 Å². The zero-order chi connectivity index (χ0) is 36.5. The van der Waals surface area contributed by atoms with E-state index in [9.17, 15) is 29.7 Å². The number of carbonyl (C=O) groups excluding carboxylic acids is 2. The van der Waals surface area contributed by atoms with Gasteiger partial charge in [0.15, 0.2) is 17.5 Å². The molecule has 4 atom stereocenters. The van der Waals surface area contributed by atoms with Gasteiger partial charge in [0.05, 0.1) is 23.5 Å². The Morgan fingerprint density at radius 1 is 1.08 bits per heavy atom. The Bertz CT molecular complexity index is 2000. The third kappa shape index (κ3) is 7.39. The molecule has 13 nitrogen and oxygen atoms in total. The topological polar surface area (TPSA) is 190 Å². The quantitative estimate of drug-likeness (QED) is 0.0828. The molecule has 50 heavy (non-hydrogen) atoms. The van der Waals surface area contributed by atoms with Crippen molar-refractivity contribution in [2.24, 2.45) is 5.92 Å². The third-order valence-corrected chi connectivity index (χ3v) is 8.77. The number of amides is 1. The van der Waals surface area contributed by atoms with Crippen molar-refractivity contribution in [2.45, 2.75) is 72.1 Å². The van der Waals surface area contributed by atoms with Gasteiger partial charge in [-0.25, -0.2) is 9.59 Å². The summed E-state index contributed by atoms with van der Waals surface area (Å²) in [5, 5.41) is 35.3. The molecule has 2 aromatic carbocycles. The largest absolute Gasteiger partial charge is 0.508 e. The van der Waals surface area contributed by atoms with Crippen molar-refractivity contribution in [3.63, 3.8) is 0 Å². The average molecular weight is 691 g/mol. The summed E-state index contributed by atoms with van der Waals surface area (Å²) in [6.07, 6.45) is -1.58. The molecule has 3 unspecified atom stereocenters. The van der Waals surface area contributed by atoms with Crippen LogP contribution in [0.2, 0.25) is 0 Å². The summed E-state index contributed by atoms with van der Waals surface area (Å²) in [6, 6.07) is 10.5. The Labute approximate surface area is 288 Å². The number of phenolic OH excluding ortho intramolecular Hbond substituents is 1. The number of rotatable bonds is 10. The lowest BCUT2D eigenvalue weighted by atomic mass is 9.81. The minimum absolute atomic E-state index is 0.0216. The number of esters is 1. The maximum atomic E-state index is 13.1. The van der Waals surface area contributed by atoms with Gasteiger partial charge in [0.25, 0.3) is 5.91 Å². The van der Waals surface area contributed by atoms with E-state index in [1.165, 1.54) is 37.4 Å². The first kappa shape index (κ1) is 36.2. The SMILES string of the molecule is COCC1C(OC(=O)c2ccc(C)[nH]2)C(O)[C@H](Oc2ccc3c(O)c(NC(=O)c4ccc(O)c(CC=C(C)C)c4)c(=O)oc3c2C)OC1(C)C. The summed E-state index contributed by atoms with van der Waals surface area (Å²) in [6.45, 7) is 10.9. The van der Waals surface area contributed by atoms with Crippen LogP contribution in [0.25, 0.3) is 11.0 Å². The number of hydrogen-bond donors (Lipinski definition) is 5. The van der Waals surface area contributed by atoms with Gasteiger partial charge >= 0.3 is 11.6 Å². The van der Waals surface area contributed by atoms with Gasteiger partial charge in [-0.2, -0.15) is 0 Å². The summed E-state index contributed by atoms with van der Waals surface area (Å²) in [5.41, 5.74) is 0.483. The second kappa shape index (κ2) is 14.4. The Kier molecular flexibility index (Phi) is 10.4. The minimum atomic E-state index is -1.46. The van der Waals surface area contributed by atoms with E-state index in [1.807, 2.05) is 19.9 Å². The molecule has 2 aromatic heterocycles. The van der Waals surface area contributed by atoms with Crippen LogP contribution in [0.4, 0.5) is 5.69 Å². The van der Waals surface area contributed by atoms with Gasteiger partial charge in [0, 0.05) is 23.9 Å². The second-order valence-corrected chi connectivity index (χ2v) is 13.1. The van der Waals surface area contributed by atoms with Crippen LogP contribution in [-0.2, 0) is 20.6 Å². The van der Waals surface area contributed by atoms with E-state index >= 15 is 0 Å². The molecule has 1 saturated heterocycles. The number of aliphatic hydroxyl groups is 1. The number of H-pyrrole nitrogens is 1. The maximum absolute atomic E-state index is 13.1. The highest BCUT2D eigenvalue weighted by molar-refractivity contribution is 6.06. The van der Waals surface area contributed by atoms with Gasteiger partial charge in [-0.3, -0.25) is 4.79 Å². The van der Waals surface area contributed by atoms with Gasteiger partial charge in [-0.1, -0.05) is 11.6 Å². The predicted molar refractivity (Wildman–Crippen MR) is 184 cm³/mol. The first-order chi connectivity index (χ1) is 23.6. The Morgan fingerprint density at radius 3 is 2.48 bits per heavy atom. The zero-order valence-corrected chi connectivity index (χ0v) is 29.0. The highest BCUT2D eigenvalue weighted by atomic mass is 16.7. The number of aromatic nitrogens is 1. The van der Waals surface area contributed by atoms with Gasteiger partial charge in [-0.15, -0.1) is 0 Å². The fourth-order valence-electron chi connectivity index (χ4n) is 5.90. The van der Waals surface area contributed by atoms with Gasteiger partial charge < -0.3 is 49.0 Å². The van der Waals surface area contributed by atoms with Crippen molar-refractivity contribution in [3.05, 3.63) is 92.6 Å². The number of nitrogens with one attached hydrogen (secondary N) is 2. The number of aryl methyl sites for hydroxylation is 2. The van der Waals surface area contributed by atoms with Crippen molar-refractivity contribution in [1.29, 1.82) is 0 Å². The van der Waals surface area contributed by atoms with E-state index in [2.05, 4.69) is 10.3 Å². The van der Waals surface area contributed by atoms with Gasteiger partial charge in [0.1, 0.15) is 28.9 Å². The number of carbonyl (C=O) groups is 2. The van der Waals surface area contributed by atoms with E-state index in [-0.39, 0.29) is 40.3 Å². The molecular formula is C37H42N2O11. The van der Waals surface area contributed by atoms with E-state index in [0.29, 0.717) is 17.5 Å². The predicted octanol–water partition coefficient (Wildman–Crippen LogP) is 5.27. The van der Waals surface area contributed by atoms with Crippen molar-refractivity contribution >= 4 is 28.5 Å². The normalized spacial score (nSPS) is 19.9. The molecule has 4 aromatic rings. The molecule has 5 N–H and O–H groups in total. The Morgan fingerprint density at radius 2 is 1.82 bits per heavy atom. The zero-order valence-electron chi connectivity index (χ0n) is 29.0. The second-order valence-electron chi connectivity index (χ2n) is 13.1. The van der Waals surface area contributed by atoms with Crippen LogP contribution in [0.15, 0.2) is 63.3 Å². The molecule has 0 spiro atoms. The molecule has 0 radical (unpaired) electrons. The molecule has 0 bridgehead atoms. The summed E-state index contributed by atoms with van der Waals surface area (Å²) < 4.78 is 29.1. The number of aromatic hydroxyl groups is 2. The molecular weight excluding hydrogens is 648 g/mol. The van der Waals surface area contributed by atoms with E-state index in [0.717, 1.165) is 11.3 Å². The first-order valence-electron chi connectivity index (χ1n) is 16.0. The third-order valence-electron chi connectivity index (χ3n) is 8.77. The van der Waals surface area contributed by atoms with Crippen LogP contribution in [0.5, 0.6) is 17.2 Å². The number of aromatic amines is 1. The van der Waals surface area contributed by atoms with E-state index < -0.39 is 59.0 Å². The molecule has 266 valence electrons. The number of ether oxygens (including phenoxy) is 4. The lowest BCUT2D eigenvalue weighted by Crippen LogP contribution is -2.62. The minimum Gasteiger partial charge on any atom is -0.508 e. The van der Waals surface area contributed by atoms with Crippen LogP contribution in [-0.4, -0.2) is 70.0 Å². The van der Waals surface area contributed by atoms with E-state index in [4.69, 9.17) is 23.4 Å². The number of benzene rings is 2. The lowest BCUT2D eigenvalue weighted by molar-refractivity contribution is -0.292. The number of fused-ring (bicyclic) bond motifs is 1. The molecule has 0 saturated carbocycles. The molecule has 1 aliphatic rings. The molecule has 5 rings (SSSR count). The first-order valence-corrected chi connectivity index (χ1v) is 16.0. The fourth-order valence-corrected chi connectivity index (χ4v) is 5.90. The fraction of sp³-hybridized carbons (Fsp3) is 0.378. The summed E-state index contributed by atoms with van der Waals surface area (Å²) in [4.78, 5) is 42.2. The number of anilines is 1. The number of allylic oxidation sites excluding steroid dienone is 2. The molecule has 1 aliphatic heterocycles. The standard InChI is InChI=1S/C37H42N2O11/c1-18(2)8-10-21-16-22(11-14-26(21)40)33(43)39-28-29(41)23-12-15-27(20(4)31(23)48-35(28)45)47-36-30(42)32(24(17-46-7)37(5,6)50-36)49-34(44)25-13-9-19(3)38-25/h8-9,11-16,24,30,32,36,38,40-42H,10,17H2,1-7H3,(H,39,43)/t24?,30?,32?,36-/m1/s1. The Balaban J connectivity index is 1.41. The lowest BCUT2D eigenvalue weighted by Gasteiger charge is -2.48. The Hall–Kier alpha value is -5.11. The number of aliphatic hydroxyl groups excluding tert-OH is 1. The number of phenols is 1. The number of hydrogen-bond acceptors (Lipinski definition) is 11. The van der Waals surface area contributed by atoms with Crippen LogP contribution >= 0.6 is 0 Å². The average Bonchev–Trinajstić information content (AvgIpc) is 3.50. The van der Waals surface area contributed by atoms with Crippen LogP contribution < -0.4 is 15.7 Å². The van der Waals surface area contributed by atoms with E-state index in [1.54, 1.807) is 39.8 Å². The van der Waals surface area contributed by atoms with Crippen molar-refractivity contribution in [3.8, 4) is 17.2 Å². The van der Waals surface area contributed by atoms with Crippen molar-refractivity contribution in [2.75, 3.05) is 19.0 Å². The summed E-state index contributed by atoms with van der Waals surface area (Å²) >= 11 is 0. The molecule has 1 amide bonds. The molecule has 13 heteroatoms. The maximum Gasteiger partial charge on any atom is 0.364 e. The summed E-state index contributed by atoms with van der Waals surface area (Å²) in [7, 11) is 1.49. The van der Waals surface area contributed by atoms with Crippen LogP contribution in [0, 0.1) is 19.8 Å². The number of methoxy groups -OCH3 is 1. The monoisotopic (exact) mass is 690 g/mol. The van der Waals surface area contributed by atoms with Crippen LogP contribution in [0.1, 0.15) is 65.4 Å².